The van der Waals surface area contributed by atoms with Crippen LogP contribution < -0.4 is 25.4 Å². The summed E-state index contributed by atoms with van der Waals surface area (Å²) < 4.78 is 10.6. The quantitative estimate of drug-likeness (QED) is 0.458. The number of pyridine rings is 1. The maximum atomic E-state index is 12.9. The van der Waals surface area contributed by atoms with Crippen molar-refractivity contribution in [2.24, 2.45) is 0 Å². The molecule has 0 bridgehead atoms. The first kappa shape index (κ1) is 23.7. The predicted octanol–water partition coefficient (Wildman–Crippen LogP) is 2.88. The van der Waals surface area contributed by atoms with Crippen LogP contribution in [0.2, 0.25) is 0 Å². The van der Waals surface area contributed by atoms with Gasteiger partial charge in [-0.25, -0.2) is 4.98 Å². The number of rotatable bonds is 8. The highest BCUT2D eigenvalue weighted by molar-refractivity contribution is 6.10. The molecule has 0 saturated carbocycles. The maximum absolute atomic E-state index is 12.9. The number of hydrogen-bond acceptors (Lipinski definition) is 7. The van der Waals surface area contributed by atoms with Crippen molar-refractivity contribution in [1.82, 2.24) is 9.88 Å². The molecule has 1 aliphatic rings. The summed E-state index contributed by atoms with van der Waals surface area (Å²) in [6.07, 6.45) is 0. The van der Waals surface area contributed by atoms with Gasteiger partial charge in [0.2, 0.25) is 18.6 Å². The molecule has 3 N–H and O–H groups in total. The molecule has 0 radical (unpaired) electrons. The summed E-state index contributed by atoms with van der Waals surface area (Å²) in [6, 6.07) is 17.1. The molecule has 1 aliphatic heterocycles. The van der Waals surface area contributed by atoms with E-state index >= 15 is 0 Å². The summed E-state index contributed by atoms with van der Waals surface area (Å²) in [5.74, 6) is 0.575. The lowest BCUT2D eigenvalue weighted by Gasteiger charge is -2.17. The van der Waals surface area contributed by atoms with E-state index in [1.165, 1.54) is 0 Å². The number of nitrogens with one attached hydrogen (secondary N) is 3. The second-order valence-corrected chi connectivity index (χ2v) is 8.00. The number of aryl methyl sites for hydroxylation is 1. The van der Waals surface area contributed by atoms with Crippen molar-refractivity contribution >= 4 is 34.9 Å². The number of hydrogen-bond donors (Lipinski definition) is 3. The number of amides is 3. The van der Waals surface area contributed by atoms with Crippen molar-refractivity contribution in [2.45, 2.75) is 6.92 Å². The van der Waals surface area contributed by atoms with Crippen LogP contribution in [0.4, 0.5) is 17.2 Å². The highest BCUT2D eigenvalue weighted by Crippen LogP contribution is 2.34. The zero-order valence-electron chi connectivity index (χ0n) is 19.3. The maximum Gasteiger partial charge on any atom is 0.257 e. The number of fused-ring (bicyclic) bond motifs is 1. The molecule has 0 atom stereocenters. The van der Waals surface area contributed by atoms with Crippen molar-refractivity contribution in [3.8, 4) is 11.5 Å². The molecule has 3 aromatic rings. The third-order valence-electron chi connectivity index (χ3n) is 5.06. The molecular weight excluding hydrogens is 450 g/mol. The Morgan fingerprint density at radius 3 is 2.43 bits per heavy atom. The van der Waals surface area contributed by atoms with Gasteiger partial charge in [-0.1, -0.05) is 18.2 Å². The van der Waals surface area contributed by atoms with Crippen LogP contribution in [0.5, 0.6) is 11.5 Å². The Hall–Kier alpha value is -4.44. The molecular formula is C25H25N5O5. The van der Waals surface area contributed by atoms with Crippen molar-refractivity contribution in [1.29, 1.82) is 0 Å². The third-order valence-corrected chi connectivity index (χ3v) is 5.06. The third kappa shape index (κ3) is 6.33. The molecule has 3 amide bonds. The number of aromatic nitrogens is 1. The van der Waals surface area contributed by atoms with Gasteiger partial charge in [-0.3, -0.25) is 19.3 Å². The number of likely N-dealkylation sites (N-methyl/N-ethyl adjacent to an activating group) is 1. The van der Waals surface area contributed by atoms with Gasteiger partial charge in [0.05, 0.1) is 24.3 Å². The molecule has 0 fully saturated rings. The lowest BCUT2D eigenvalue weighted by molar-refractivity contribution is -0.119. The zero-order valence-corrected chi connectivity index (χ0v) is 19.3. The van der Waals surface area contributed by atoms with E-state index in [0.29, 0.717) is 34.3 Å². The average Bonchev–Trinajstić information content (AvgIpc) is 3.27. The molecule has 180 valence electrons. The zero-order chi connectivity index (χ0) is 24.8. The lowest BCUT2D eigenvalue weighted by atomic mass is 10.1. The van der Waals surface area contributed by atoms with Crippen molar-refractivity contribution < 1.29 is 23.9 Å². The molecule has 0 unspecified atom stereocenters. The molecule has 0 aliphatic carbocycles. The molecule has 2 aromatic carbocycles. The summed E-state index contributed by atoms with van der Waals surface area (Å²) >= 11 is 0. The van der Waals surface area contributed by atoms with E-state index in [0.717, 1.165) is 5.69 Å². The first-order valence-electron chi connectivity index (χ1n) is 10.9. The van der Waals surface area contributed by atoms with Gasteiger partial charge in [0.25, 0.3) is 5.91 Å². The van der Waals surface area contributed by atoms with E-state index in [1.54, 1.807) is 66.5 Å². The molecule has 35 heavy (non-hydrogen) atoms. The van der Waals surface area contributed by atoms with E-state index < -0.39 is 5.91 Å². The molecule has 0 spiro atoms. The minimum atomic E-state index is -0.391. The minimum Gasteiger partial charge on any atom is -0.454 e. The molecule has 4 rings (SSSR count). The first-order chi connectivity index (χ1) is 16.9. The van der Waals surface area contributed by atoms with Crippen LogP contribution in [0.15, 0.2) is 60.7 Å². The number of carbonyl (C=O) groups is 3. The van der Waals surface area contributed by atoms with Crippen LogP contribution in [0.1, 0.15) is 16.1 Å². The lowest BCUT2D eigenvalue weighted by Crippen LogP contribution is -2.36. The number of benzene rings is 2. The fourth-order valence-electron chi connectivity index (χ4n) is 3.49. The van der Waals surface area contributed by atoms with E-state index in [2.05, 4.69) is 20.9 Å². The molecule has 1 aromatic heterocycles. The first-order valence-corrected chi connectivity index (χ1v) is 10.9. The second-order valence-electron chi connectivity index (χ2n) is 8.00. The van der Waals surface area contributed by atoms with Gasteiger partial charge in [0, 0.05) is 17.4 Å². The Morgan fingerprint density at radius 1 is 0.886 bits per heavy atom. The van der Waals surface area contributed by atoms with Crippen LogP contribution in [0.25, 0.3) is 0 Å². The minimum absolute atomic E-state index is 0.00467. The van der Waals surface area contributed by atoms with Crippen LogP contribution >= 0.6 is 0 Å². The molecule has 10 heteroatoms. The van der Waals surface area contributed by atoms with E-state index in [-0.39, 0.29) is 31.7 Å². The summed E-state index contributed by atoms with van der Waals surface area (Å²) in [7, 11) is 1.65. The molecule has 0 saturated heterocycles. The van der Waals surface area contributed by atoms with E-state index in [1.807, 2.05) is 13.0 Å². The van der Waals surface area contributed by atoms with Crippen LogP contribution in [0.3, 0.4) is 0 Å². The summed E-state index contributed by atoms with van der Waals surface area (Å²) in [5.41, 5.74) is 1.98. The predicted molar refractivity (Wildman–Crippen MR) is 131 cm³/mol. The number of nitrogens with zero attached hydrogens (tertiary/aromatic N) is 2. The summed E-state index contributed by atoms with van der Waals surface area (Å²) in [6.45, 7) is 1.92. The number of carbonyl (C=O) groups excluding carboxylic acids is 3. The highest BCUT2D eigenvalue weighted by Gasteiger charge is 2.18. The molecule has 2 heterocycles. The Bertz CT molecular complexity index is 1260. The van der Waals surface area contributed by atoms with Crippen LogP contribution in [0, 0.1) is 6.92 Å². The normalized spacial score (nSPS) is 11.7. The second kappa shape index (κ2) is 10.7. The number of anilines is 3. The fourth-order valence-corrected chi connectivity index (χ4v) is 3.49. The largest absolute Gasteiger partial charge is 0.454 e. The van der Waals surface area contributed by atoms with Crippen molar-refractivity contribution in [3.05, 3.63) is 71.9 Å². The molecule has 10 nitrogen and oxygen atoms in total. The van der Waals surface area contributed by atoms with Gasteiger partial charge < -0.3 is 25.4 Å². The Morgan fingerprint density at radius 2 is 1.63 bits per heavy atom. The number of para-hydroxylation sites is 1. The van der Waals surface area contributed by atoms with Crippen molar-refractivity contribution in [3.63, 3.8) is 0 Å². The van der Waals surface area contributed by atoms with E-state index in [9.17, 15) is 14.4 Å². The van der Waals surface area contributed by atoms with Gasteiger partial charge in [0.1, 0.15) is 5.82 Å². The van der Waals surface area contributed by atoms with E-state index in [4.69, 9.17) is 9.47 Å². The average molecular weight is 476 g/mol. The van der Waals surface area contributed by atoms with Crippen LogP contribution in [-0.2, 0) is 9.59 Å². The summed E-state index contributed by atoms with van der Waals surface area (Å²) in [4.78, 5) is 43.5. The Labute approximate surface area is 202 Å². The van der Waals surface area contributed by atoms with Gasteiger partial charge in [-0.15, -0.1) is 0 Å². The summed E-state index contributed by atoms with van der Waals surface area (Å²) in [5, 5.41) is 8.26. The smallest absolute Gasteiger partial charge is 0.257 e. The van der Waals surface area contributed by atoms with Gasteiger partial charge >= 0.3 is 0 Å². The van der Waals surface area contributed by atoms with Crippen molar-refractivity contribution in [2.75, 3.05) is 42.9 Å². The van der Waals surface area contributed by atoms with Crippen LogP contribution in [-0.4, -0.2) is 54.5 Å². The Balaban J connectivity index is 1.33. The topological polar surface area (TPSA) is 122 Å². The fraction of sp³-hybridized carbons (Fsp3) is 0.200. The monoisotopic (exact) mass is 475 g/mol. The van der Waals surface area contributed by atoms with Gasteiger partial charge in [0.15, 0.2) is 11.5 Å². The number of ether oxygens (including phenoxy) is 2. The van der Waals surface area contributed by atoms with Gasteiger partial charge in [-0.2, -0.15) is 0 Å². The SMILES string of the molecule is Cc1cccc(NC(=O)CN(C)CC(=O)Nc2ccccc2C(=O)Nc2ccc3c(c2)OCO3)n1. The Kier molecular flexibility index (Phi) is 7.22. The van der Waals surface area contributed by atoms with Gasteiger partial charge in [-0.05, 0) is 50.4 Å². The standard InChI is InChI=1S/C25H25N5O5/c1-16-6-5-9-22(26-16)29-24(32)14-30(2)13-23(31)28-19-8-4-3-7-18(19)25(33)27-17-10-11-20-21(12-17)35-15-34-20/h3-12H,13-15H2,1-2H3,(H,27,33)(H,28,31)(H,26,29,32). The highest BCUT2D eigenvalue weighted by atomic mass is 16.7.